The standard InChI is InChI=1S/C37H66O9/c1-3-5-7-9-11-13-19-25-34(39)43-29-21-15-16-23-31-45-36(41)28-27-33(38)37(42)46-32-24-18-17-22-30-44-35(40)26-20-14-12-10-8-6-4-2/h3-32H2,1-2H3. The predicted molar refractivity (Wildman–Crippen MR) is 180 cm³/mol. The van der Waals surface area contributed by atoms with E-state index in [0.29, 0.717) is 38.9 Å². The third-order valence-electron chi connectivity index (χ3n) is 7.85. The third-order valence-corrected chi connectivity index (χ3v) is 7.85. The molecule has 0 radical (unpaired) electrons. The van der Waals surface area contributed by atoms with Crippen molar-refractivity contribution in [2.24, 2.45) is 0 Å². The minimum Gasteiger partial charge on any atom is -0.466 e. The molecule has 0 spiro atoms. The van der Waals surface area contributed by atoms with E-state index in [-0.39, 0.29) is 38.0 Å². The van der Waals surface area contributed by atoms with Crippen molar-refractivity contribution in [3.63, 3.8) is 0 Å². The molecule has 0 aromatic carbocycles. The highest BCUT2D eigenvalue weighted by molar-refractivity contribution is 6.33. The lowest BCUT2D eigenvalue weighted by molar-refractivity contribution is -0.155. The zero-order chi connectivity index (χ0) is 33.9. The average Bonchev–Trinajstić information content (AvgIpc) is 3.05. The lowest BCUT2D eigenvalue weighted by Crippen LogP contribution is -2.19. The van der Waals surface area contributed by atoms with Gasteiger partial charge in [-0.2, -0.15) is 0 Å². The highest BCUT2D eigenvalue weighted by atomic mass is 16.5. The number of ketones is 1. The highest BCUT2D eigenvalue weighted by Gasteiger charge is 2.17. The number of rotatable bonds is 34. The van der Waals surface area contributed by atoms with Crippen LogP contribution in [0.1, 0.15) is 181 Å². The molecule has 0 saturated heterocycles. The molecule has 0 aromatic rings. The van der Waals surface area contributed by atoms with Crippen LogP contribution < -0.4 is 0 Å². The molecule has 0 rings (SSSR count). The van der Waals surface area contributed by atoms with Crippen molar-refractivity contribution in [2.75, 3.05) is 26.4 Å². The van der Waals surface area contributed by atoms with Crippen LogP contribution in [-0.2, 0) is 42.9 Å². The van der Waals surface area contributed by atoms with Crippen LogP contribution in [0.4, 0.5) is 0 Å². The van der Waals surface area contributed by atoms with Gasteiger partial charge in [-0.05, 0) is 64.2 Å². The van der Waals surface area contributed by atoms with Gasteiger partial charge in [0, 0.05) is 19.3 Å². The van der Waals surface area contributed by atoms with Crippen LogP contribution in [0.25, 0.3) is 0 Å². The molecular weight excluding hydrogens is 588 g/mol. The first kappa shape index (κ1) is 43.5. The Balaban J connectivity index is 3.53. The van der Waals surface area contributed by atoms with Crippen LogP contribution in [0, 0.1) is 0 Å². The summed E-state index contributed by atoms with van der Waals surface area (Å²) in [5.41, 5.74) is 0. The Labute approximate surface area is 279 Å². The first-order chi connectivity index (χ1) is 22.4. The molecule has 0 N–H and O–H groups in total. The highest BCUT2D eigenvalue weighted by Crippen LogP contribution is 2.11. The Kier molecular flexibility index (Phi) is 32.1. The lowest BCUT2D eigenvalue weighted by atomic mass is 10.1. The number of unbranched alkanes of at least 4 members (excludes halogenated alkanes) is 18. The first-order valence-electron chi connectivity index (χ1n) is 18.6. The Bertz CT molecular complexity index is 781. The maximum atomic E-state index is 11.9. The maximum Gasteiger partial charge on any atom is 0.374 e. The van der Waals surface area contributed by atoms with Gasteiger partial charge in [0.15, 0.2) is 0 Å². The monoisotopic (exact) mass is 654 g/mol. The van der Waals surface area contributed by atoms with E-state index >= 15 is 0 Å². The fraction of sp³-hybridized carbons (Fsp3) is 0.865. The number of esters is 4. The van der Waals surface area contributed by atoms with E-state index in [1.54, 1.807) is 0 Å². The van der Waals surface area contributed by atoms with Crippen LogP contribution in [0.3, 0.4) is 0 Å². The molecule has 0 unspecified atom stereocenters. The Hall–Kier alpha value is -2.45. The molecule has 46 heavy (non-hydrogen) atoms. The van der Waals surface area contributed by atoms with Crippen molar-refractivity contribution in [3.8, 4) is 0 Å². The Morgan fingerprint density at radius 1 is 0.326 bits per heavy atom. The van der Waals surface area contributed by atoms with Gasteiger partial charge in [-0.15, -0.1) is 0 Å². The van der Waals surface area contributed by atoms with Gasteiger partial charge in [-0.3, -0.25) is 19.2 Å². The second-order valence-corrected chi connectivity index (χ2v) is 12.3. The zero-order valence-corrected chi connectivity index (χ0v) is 29.4. The van der Waals surface area contributed by atoms with Gasteiger partial charge < -0.3 is 18.9 Å². The molecule has 0 heterocycles. The molecule has 0 aliphatic heterocycles. The van der Waals surface area contributed by atoms with Crippen molar-refractivity contribution in [1.29, 1.82) is 0 Å². The summed E-state index contributed by atoms with van der Waals surface area (Å²) < 4.78 is 20.7. The van der Waals surface area contributed by atoms with Crippen LogP contribution in [0.15, 0.2) is 0 Å². The van der Waals surface area contributed by atoms with E-state index in [4.69, 9.17) is 18.9 Å². The minimum absolute atomic E-state index is 0.124. The predicted octanol–water partition coefficient (Wildman–Crippen LogP) is 8.91. The number of hydrogen-bond donors (Lipinski definition) is 0. The number of carbonyl (C=O) groups is 5. The van der Waals surface area contributed by atoms with E-state index in [1.165, 1.54) is 64.2 Å². The summed E-state index contributed by atoms with van der Waals surface area (Å²) in [6.45, 7) is 5.63. The molecule has 9 heteroatoms. The van der Waals surface area contributed by atoms with Crippen molar-refractivity contribution in [3.05, 3.63) is 0 Å². The van der Waals surface area contributed by atoms with E-state index in [9.17, 15) is 24.0 Å². The van der Waals surface area contributed by atoms with Gasteiger partial charge in [0.25, 0.3) is 0 Å². The van der Waals surface area contributed by atoms with E-state index in [1.807, 2.05) is 0 Å². The second-order valence-electron chi connectivity index (χ2n) is 12.3. The molecule has 0 bridgehead atoms. The van der Waals surface area contributed by atoms with E-state index in [0.717, 1.165) is 64.2 Å². The smallest absolute Gasteiger partial charge is 0.374 e. The Morgan fingerprint density at radius 3 is 1.02 bits per heavy atom. The first-order valence-corrected chi connectivity index (χ1v) is 18.6. The molecule has 9 nitrogen and oxygen atoms in total. The van der Waals surface area contributed by atoms with Gasteiger partial charge >= 0.3 is 23.9 Å². The van der Waals surface area contributed by atoms with Crippen molar-refractivity contribution >= 4 is 29.7 Å². The van der Waals surface area contributed by atoms with Crippen molar-refractivity contribution < 1.29 is 42.9 Å². The molecule has 0 fully saturated rings. The largest absolute Gasteiger partial charge is 0.466 e. The number of ether oxygens (including phenoxy) is 4. The summed E-state index contributed by atoms with van der Waals surface area (Å²) in [7, 11) is 0. The van der Waals surface area contributed by atoms with E-state index < -0.39 is 17.7 Å². The summed E-state index contributed by atoms with van der Waals surface area (Å²) >= 11 is 0. The van der Waals surface area contributed by atoms with Crippen molar-refractivity contribution in [2.45, 2.75) is 181 Å². The van der Waals surface area contributed by atoms with Crippen LogP contribution in [-0.4, -0.2) is 56.1 Å². The summed E-state index contributed by atoms with van der Waals surface area (Å²) in [4.78, 5) is 59.2. The minimum atomic E-state index is -0.921. The van der Waals surface area contributed by atoms with E-state index in [2.05, 4.69) is 13.8 Å². The van der Waals surface area contributed by atoms with Crippen LogP contribution in [0.5, 0.6) is 0 Å². The summed E-state index contributed by atoms with van der Waals surface area (Å²) in [5.74, 6) is -2.42. The normalized spacial score (nSPS) is 10.8. The molecule has 0 aromatic heterocycles. The molecular formula is C37H66O9. The summed E-state index contributed by atoms with van der Waals surface area (Å²) in [6, 6.07) is 0. The second kappa shape index (κ2) is 33.9. The van der Waals surface area contributed by atoms with Gasteiger partial charge in [0.05, 0.1) is 32.8 Å². The SMILES string of the molecule is CCCCCCCCCC(=O)OCCCCCCOC(=O)CCC(=O)C(=O)OCCCCCCOC(=O)CCCCCCCCC. The summed E-state index contributed by atoms with van der Waals surface area (Å²) in [6.07, 6.45) is 23.2. The molecule has 0 saturated carbocycles. The topological polar surface area (TPSA) is 122 Å². The quantitative estimate of drug-likeness (QED) is 0.0290. The van der Waals surface area contributed by atoms with Gasteiger partial charge in [0.1, 0.15) is 0 Å². The zero-order valence-electron chi connectivity index (χ0n) is 29.4. The number of carbonyl (C=O) groups excluding carboxylic acids is 5. The molecule has 268 valence electrons. The molecule has 0 aliphatic rings. The summed E-state index contributed by atoms with van der Waals surface area (Å²) in [5, 5.41) is 0. The van der Waals surface area contributed by atoms with Gasteiger partial charge in [-0.25, -0.2) is 4.79 Å². The fourth-order valence-corrected chi connectivity index (χ4v) is 4.91. The number of hydrogen-bond acceptors (Lipinski definition) is 9. The average molecular weight is 655 g/mol. The molecule has 0 amide bonds. The lowest BCUT2D eigenvalue weighted by Gasteiger charge is -2.07. The number of Topliss-reactive ketones (excluding diaryl/α,β-unsaturated/α-hetero) is 1. The fourth-order valence-electron chi connectivity index (χ4n) is 4.91. The van der Waals surface area contributed by atoms with Gasteiger partial charge in [-0.1, -0.05) is 90.9 Å². The molecule has 0 atom stereocenters. The van der Waals surface area contributed by atoms with Crippen molar-refractivity contribution in [1.82, 2.24) is 0 Å². The molecule has 0 aliphatic carbocycles. The van der Waals surface area contributed by atoms with Crippen LogP contribution >= 0.6 is 0 Å². The third kappa shape index (κ3) is 31.5. The Morgan fingerprint density at radius 2 is 0.630 bits per heavy atom. The maximum absolute atomic E-state index is 11.9. The van der Waals surface area contributed by atoms with Crippen LogP contribution in [0.2, 0.25) is 0 Å². The van der Waals surface area contributed by atoms with Gasteiger partial charge in [0.2, 0.25) is 5.78 Å².